The average molecular weight is 161 g/mol. The van der Waals surface area contributed by atoms with Gasteiger partial charge in [-0.2, -0.15) is 5.53 Å². The highest BCUT2D eigenvalue weighted by Crippen LogP contribution is 1.90. The standard InChI is InChI=1S/C4H7N3O4/c5-7-6-1-2(3(8)9)4(10)11/h1,6-7H,5H2,(H,8,9)(H,10,11). The molecular formula is C4H7N3O4. The second-order valence-corrected chi connectivity index (χ2v) is 1.46. The summed E-state index contributed by atoms with van der Waals surface area (Å²) in [7, 11) is 0. The van der Waals surface area contributed by atoms with E-state index in [1.165, 1.54) is 0 Å². The fraction of sp³-hybridized carbons (Fsp3) is 0. The third kappa shape index (κ3) is 3.18. The van der Waals surface area contributed by atoms with Crippen LogP contribution in [0.15, 0.2) is 11.8 Å². The van der Waals surface area contributed by atoms with E-state index in [1.54, 1.807) is 0 Å². The molecule has 0 heterocycles. The summed E-state index contributed by atoms with van der Waals surface area (Å²) in [6, 6.07) is 0. The van der Waals surface area contributed by atoms with Crippen molar-refractivity contribution in [1.82, 2.24) is 11.0 Å². The second kappa shape index (κ2) is 4.25. The van der Waals surface area contributed by atoms with Crippen molar-refractivity contribution < 1.29 is 19.8 Å². The number of hydrogen-bond donors (Lipinski definition) is 5. The maximum atomic E-state index is 10.1. The van der Waals surface area contributed by atoms with E-state index in [9.17, 15) is 9.59 Å². The zero-order chi connectivity index (χ0) is 8.85. The fourth-order valence-corrected chi connectivity index (χ4v) is 0.329. The van der Waals surface area contributed by atoms with E-state index in [1.807, 2.05) is 11.0 Å². The number of carbonyl (C=O) groups is 2. The van der Waals surface area contributed by atoms with Gasteiger partial charge in [0.15, 0.2) is 5.57 Å². The Kier molecular flexibility index (Phi) is 3.63. The number of hydrogen-bond acceptors (Lipinski definition) is 5. The number of nitrogens with two attached hydrogens (primary N) is 1. The normalized spacial score (nSPS) is 8.45. The molecule has 0 spiro atoms. The first-order valence-corrected chi connectivity index (χ1v) is 2.47. The summed E-state index contributed by atoms with van der Waals surface area (Å²) >= 11 is 0. The Bertz CT molecular complexity index is 184. The van der Waals surface area contributed by atoms with Crippen LogP contribution in [-0.4, -0.2) is 22.2 Å². The zero-order valence-electron chi connectivity index (χ0n) is 5.37. The Morgan fingerprint density at radius 3 is 2.00 bits per heavy atom. The molecule has 0 rings (SSSR count). The molecule has 7 nitrogen and oxygen atoms in total. The van der Waals surface area contributed by atoms with Crippen molar-refractivity contribution in [2.75, 3.05) is 0 Å². The summed E-state index contributed by atoms with van der Waals surface area (Å²) in [5, 5.41) is 16.4. The Balaban J connectivity index is 4.33. The van der Waals surface area contributed by atoms with Gasteiger partial charge < -0.3 is 15.6 Å². The van der Waals surface area contributed by atoms with E-state index in [2.05, 4.69) is 5.84 Å². The summed E-state index contributed by atoms with van der Waals surface area (Å²) < 4.78 is 0. The molecular weight excluding hydrogens is 154 g/mol. The highest BCUT2D eigenvalue weighted by molar-refractivity contribution is 6.12. The molecule has 0 fully saturated rings. The lowest BCUT2D eigenvalue weighted by Crippen LogP contribution is -2.34. The molecule has 0 saturated heterocycles. The van der Waals surface area contributed by atoms with Crippen LogP contribution in [0, 0.1) is 0 Å². The number of aliphatic carboxylic acids is 2. The van der Waals surface area contributed by atoms with Crippen molar-refractivity contribution in [3.8, 4) is 0 Å². The summed E-state index contributed by atoms with van der Waals surface area (Å²) in [6.07, 6.45) is 0.727. The Morgan fingerprint density at radius 1 is 1.27 bits per heavy atom. The number of carboxylic acid groups (broad SMARTS) is 2. The quantitative estimate of drug-likeness (QED) is 0.106. The minimum atomic E-state index is -1.54. The molecule has 0 aromatic heterocycles. The highest BCUT2D eigenvalue weighted by Gasteiger charge is 2.14. The number of carboxylic acids is 2. The Labute approximate surface area is 61.4 Å². The Morgan fingerprint density at radius 2 is 1.73 bits per heavy atom. The van der Waals surface area contributed by atoms with Gasteiger partial charge in [0.05, 0.1) is 0 Å². The minimum absolute atomic E-state index is 0.727. The van der Waals surface area contributed by atoms with Gasteiger partial charge in [0, 0.05) is 6.20 Å². The lowest BCUT2D eigenvalue weighted by atomic mass is 10.3. The van der Waals surface area contributed by atoms with Crippen molar-refractivity contribution in [2.45, 2.75) is 0 Å². The van der Waals surface area contributed by atoms with Crippen molar-refractivity contribution in [3.05, 3.63) is 11.8 Å². The van der Waals surface area contributed by atoms with E-state index in [4.69, 9.17) is 10.2 Å². The second-order valence-electron chi connectivity index (χ2n) is 1.46. The molecule has 0 unspecified atom stereocenters. The molecule has 6 N–H and O–H groups in total. The van der Waals surface area contributed by atoms with Gasteiger partial charge in [-0.05, 0) is 0 Å². The van der Waals surface area contributed by atoms with Crippen molar-refractivity contribution in [1.29, 1.82) is 0 Å². The van der Waals surface area contributed by atoms with Crippen molar-refractivity contribution >= 4 is 11.9 Å². The van der Waals surface area contributed by atoms with Crippen molar-refractivity contribution in [3.63, 3.8) is 0 Å². The Hall–Kier alpha value is -1.60. The van der Waals surface area contributed by atoms with Crippen LogP contribution in [-0.2, 0) is 9.59 Å². The van der Waals surface area contributed by atoms with E-state index in [-0.39, 0.29) is 0 Å². The van der Waals surface area contributed by atoms with E-state index >= 15 is 0 Å². The molecule has 7 heteroatoms. The third-order valence-electron chi connectivity index (χ3n) is 0.761. The SMILES string of the molecule is NNNC=C(C(=O)O)C(=O)O. The van der Waals surface area contributed by atoms with E-state index in [0.717, 1.165) is 6.20 Å². The molecule has 0 atom stereocenters. The van der Waals surface area contributed by atoms with Crippen LogP contribution in [0.2, 0.25) is 0 Å². The first-order chi connectivity index (χ1) is 5.09. The topological polar surface area (TPSA) is 125 Å². The van der Waals surface area contributed by atoms with Gasteiger partial charge in [-0.1, -0.05) is 0 Å². The lowest BCUT2D eigenvalue weighted by molar-refractivity contribution is -0.140. The van der Waals surface area contributed by atoms with Gasteiger partial charge in [0.2, 0.25) is 0 Å². The summed E-state index contributed by atoms with van der Waals surface area (Å²) in [4.78, 5) is 20.2. The fourth-order valence-electron chi connectivity index (χ4n) is 0.329. The van der Waals surface area contributed by atoms with E-state index < -0.39 is 17.5 Å². The number of rotatable bonds is 4. The summed E-state index contributed by atoms with van der Waals surface area (Å²) in [5.74, 6) is 1.60. The van der Waals surface area contributed by atoms with Gasteiger partial charge in [0.25, 0.3) is 0 Å². The van der Waals surface area contributed by atoms with Crippen LogP contribution in [0.3, 0.4) is 0 Å². The highest BCUT2D eigenvalue weighted by atomic mass is 16.4. The van der Waals surface area contributed by atoms with Gasteiger partial charge in [-0.3, -0.25) is 5.84 Å². The molecule has 11 heavy (non-hydrogen) atoms. The van der Waals surface area contributed by atoms with Gasteiger partial charge >= 0.3 is 11.9 Å². The van der Waals surface area contributed by atoms with Crippen molar-refractivity contribution in [2.24, 2.45) is 5.84 Å². The first kappa shape index (κ1) is 9.40. The largest absolute Gasteiger partial charge is 0.477 e. The van der Waals surface area contributed by atoms with Crippen LogP contribution in [0.25, 0.3) is 0 Å². The molecule has 0 amide bonds. The average Bonchev–Trinajstić information content (AvgIpc) is 1.87. The zero-order valence-corrected chi connectivity index (χ0v) is 5.37. The predicted octanol–water partition coefficient (Wildman–Crippen LogP) is -1.99. The lowest BCUT2D eigenvalue weighted by Gasteiger charge is -1.96. The predicted molar refractivity (Wildman–Crippen MR) is 33.8 cm³/mol. The van der Waals surface area contributed by atoms with Gasteiger partial charge in [-0.15, -0.1) is 0 Å². The maximum Gasteiger partial charge on any atom is 0.344 e. The molecule has 0 aliphatic rings. The number of hydrazine groups is 2. The van der Waals surface area contributed by atoms with Crippen LogP contribution >= 0.6 is 0 Å². The van der Waals surface area contributed by atoms with Gasteiger partial charge in [0.1, 0.15) is 0 Å². The summed E-state index contributed by atoms with van der Waals surface area (Å²) in [6.45, 7) is 0. The molecule has 0 aliphatic heterocycles. The van der Waals surface area contributed by atoms with Crippen LogP contribution < -0.4 is 16.8 Å². The van der Waals surface area contributed by atoms with Crippen LogP contribution in [0.5, 0.6) is 0 Å². The molecule has 0 aliphatic carbocycles. The molecule has 0 bridgehead atoms. The molecule has 0 radical (unpaired) electrons. The first-order valence-electron chi connectivity index (χ1n) is 2.47. The third-order valence-corrected chi connectivity index (χ3v) is 0.761. The molecule has 0 aromatic carbocycles. The summed E-state index contributed by atoms with van der Waals surface area (Å²) in [5.41, 5.74) is 3.07. The number of nitrogens with one attached hydrogen (secondary N) is 2. The van der Waals surface area contributed by atoms with Gasteiger partial charge in [-0.25, -0.2) is 9.59 Å². The monoisotopic (exact) mass is 161 g/mol. The maximum absolute atomic E-state index is 10.1. The molecule has 62 valence electrons. The van der Waals surface area contributed by atoms with Crippen LogP contribution in [0.1, 0.15) is 0 Å². The molecule has 0 saturated carbocycles. The molecule has 0 aromatic rings. The van der Waals surface area contributed by atoms with Crippen LogP contribution in [0.4, 0.5) is 0 Å². The smallest absolute Gasteiger partial charge is 0.344 e. The van der Waals surface area contributed by atoms with E-state index in [0.29, 0.717) is 0 Å². The minimum Gasteiger partial charge on any atom is -0.477 e.